The van der Waals surface area contributed by atoms with Gasteiger partial charge >= 0.3 is 6.09 Å². The van der Waals surface area contributed by atoms with Crippen LogP contribution in [0.5, 0.6) is 11.5 Å². The van der Waals surface area contributed by atoms with E-state index < -0.39 is 24.7 Å². The van der Waals surface area contributed by atoms with E-state index in [0.717, 1.165) is 42.4 Å². The molecule has 5 aromatic rings. The summed E-state index contributed by atoms with van der Waals surface area (Å²) in [7, 11) is 4.99. The zero-order valence-electron chi connectivity index (χ0n) is 40.0. The van der Waals surface area contributed by atoms with E-state index in [2.05, 4.69) is 22.5 Å². The quantitative estimate of drug-likeness (QED) is 0.0420. The maximum atomic E-state index is 14.3. The smallest absolute Gasteiger partial charge is 0.416 e. The van der Waals surface area contributed by atoms with Gasteiger partial charge in [-0.25, -0.2) is 9.69 Å². The van der Waals surface area contributed by atoms with Crippen molar-refractivity contribution in [1.29, 1.82) is 0 Å². The number of piperidine rings is 1. The second kappa shape index (κ2) is 21.8. The number of nitrogens with one attached hydrogen (secondary N) is 3. The number of nitrogens with two attached hydrogens (primary N) is 1. The van der Waals surface area contributed by atoms with Gasteiger partial charge in [0.05, 0.1) is 36.7 Å². The van der Waals surface area contributed by atoms with E-state index in [4.69, 9.17) is 29.4 Å². The van der Waals surface area contributed by atoms with Gasteiger partial charge in [0.1, 0.15) is 18.0 Å². The van der Waals surface area contributed by atoms with Crippen LogP contribution in [-0.4, -0.2) is 95.8 Å². The maximum absolute atomic E-state index is 14.3. The van der Waals surface area contributed by atoms with Gasteiger partial charge in [-0.3, -0.25) is 19.2 Å². The Bertz CT molecular complexity index is 2760. The normalized spacial score (nSPS) is 17.7. The Hall–Kier alpha value is -7.57. The Morgan fingerprint density at radius 2 is 1.60 bits per heavy atom. The standard InChI is InChI=1S/C52H60N8O10/c1-6-22-69-52(65)60-41-29-45(44(66-5)28-38(41)50(64)59-21-9-7-12-40(59)51(60)70-47-14-8-10-23-68-47)67-24-11-13-46(61)54-37-27-43(58(4)31-37)49(63)56-39-20-15-33(25-32(39)2)34-26-42(57(3)30-34)48(62)55-36-18-16-35(53)17-19-36/h6,15-20,25-31,40,47,51H,1,7-14,21-24,53H2,2-5H3,(H,54,61)(H,55,62)(H,56,63)/t40-,47?,51?/m0/s1. The molecule has 0 radical (unpaired) electrons. The molecule has 70 heavy (non-hydrogen) atoms. The number of aromatic nitrogens is 2. The summed E-state index contributed by atoms with van der Waals surface area (Å²) in [6.45, 7) is 6.65. The number of nitrogens with zero attached hydrogens (tertiary/aromatic N) is 4. The van der Waals surface area contributed by atoms with Crippen molar-refractivity contribution in [2.75, 3.05) is 60.1 Å². The van der Waals surface area contributed by atoms with Crippen LogP contribution in [-0.2, 0) is 33.1 Å². The lowest BCUT2D eigenvalue weighted by Crippen LogP contribution is -2.57. The van der Waals surface area contributed by atoms with E-state index in [9.17, 15) is 24.0 Å². The van der Waals surface area contributed by atoms with E-state index in [0.29, 0.717) is 66.6 Å². The number of carbonyl (C=O) groups excluding carboxylic acids is 5. The molecule has 5 N–H and O–H groups in total. The first-order valence-electron chi connectivity index (χ1n) is 23.5. The largest absolute Gasteiger partial charge is 0.493 e. The third-order valence-electron chi connectivity index (χ3n) is 12.7. The van der Waals surface area contributed by atoms with Crippen molar-refractivity contribution < 1.29 is 47.7 Å². The number of ether oxygens (including phenoxy) is 5. The predicted molar refractivity (Wildman–Crippen MR) is 265 cm³/mol. The minimum atomic E-state index is -0.906. The summed E-state index contributed by atoms with van der Waals surface area (Å²) >= 11 is 0. The van der Waals surface area contributed by atoms with Crippen molar-refractivity contribution in [3.63, 3.8) is 0 Å². The highest BCUT2D eigenvalue weighted by Gasteiger charge is 2.47. The van der Waals surface area contributed by atoms with Gasteiger partial charge < -0.3 is 59.4 Å². The van der Waals surface area contributed by atoms with E-state index in [1.54, 1.807) is 76.8 Å². The van der Waals surface area contributed by atoms with Crippen LogP contribution in [0.15, 0.2) is 91.8 Å². The molecule has 3 aliphatic rings. The van der Waals surface area contributed by atoms with Crippen molar-refractivity contribution in [2.24, 2.45) is 14.1 Å². The van der Waals surface area contributed by atoms with Gasteiger partial charge in [-0.15, -0.1) is 0 Å². The van der Waals surface area contributed by atoms with Gasteiger partial charge in [-0.2, -0.15) is 0 Å². The first-order valence-corrected chi connectivity index (χ1v) is 23.5. The number of aryl methyl sites for hydroxylation is 3. The fourth-order valence-corrected chi connectivity index (χ4v) is 9.07. The molecule has 0 bridgehead atoms. The summed E-state index contributed by atoms with van der Waals surface area (Å²) in [6, 6.07) is 18.7. The van der Waals surface area contributed by atoms with Gasteiger partial charge in [-0.1, -0.05) is 18.7 Å². The van der Waals surface area contributed by atoms with Gasteiger partial charge in [0.15, 0.2) is 24.0 Å². The number of hydrogen-bond acceptors (Lipinski definition) is 11. The van der Waals surface area contributed by atoms with Crippen molar-refractivity contribution in [3.8, 4) is 22.6 Å². The molecule has 2 aromatic heterocycles. The van der Waals surface area contributed by atoms with Crippen LogP contribution < -0.4 is 36.1 Å². The number of fused-ring (bicyclic) bond motifs is 2. The van der Waals surface area contributed by atoms with Crippen LogP contribution in [0.25, 0.3) is 11.1 Å². The Labute approximate surface area is 406 Å². The predicted octanol–water partition coefficient (Wildman–Crippen LogP) is 8.24. The SMILES string of the molecule is C=CCOC(=O)N1c2cc(OCCCC(=O)Nc3cc(C(=O)Nc4ccc(-c5cc(C(=O)Nc6ccc(N)cc6)n(C)c5)cc4C)n(C)c3)c(OC)cc2C(=O)N2CCCC[C@H]2C1OC1CCCCO1. The lowest BCUT2D eigenvalue weighted by Gasteiger charge is -2.42. The minimum absolute atomic E-state index is 0.0531. The van der Waals surface area contributed by atoms with Crippen LogP contribution in [0.2, 0.25) is 0 Å². The number of amides is 5. The molecule has 18 heteroatoms. The molecule has 2 unspecified atom stereocenters. The molecule has 18 nitrogen and oxygen atoms in total. The Kier molecular flexibility index (Phi) is 15.2. The van der Waals surface area contributed by atoms with Crippen molar-refractivity contribution in [3.05, 3.63) is 114 Å². The first-order chi connectivity index (χ1) is 33.8. The monoisotopic (exact) mass is 956 g/mol. The summed E-state index contributed by atoms with van der Waals surface area (Å²) in [6.07, 6.45) is 7.95. The van der Waals surface area contributed by atoms with Crippen LogP contribution in [0, 0.1) is 6.92 Å². The molecule has 0 aliphatic carbocycles. The topological polar surface area (TPSA) is 210 Å². The molecule has 0 spiro atoms. The number of methoxy groups -OCH3 is 1. The van der Waals surface area contributed by atoms with Gasteiger partial charge in [-0.05, 0) is 118 Å². The molecular formula is C52H60N8O10. The summed E-state index contributed by atoms with van der Waals surface area (Å²) in [5.41, 5.74) is 11.9. The Morgan fingerprint density at radius 1 is 0.843 bits per heavy atom. The Balaban J connectivity index is 0.893. The molecule has 8 rings (SSSR count). The van der Waals surface area contributed by atoms with Crippen LogP contribution >= 0.6 is 0 Å². The molecule has 3 aliphatic heterocycles. The molecule has 0 saturated carbocycles. The maximum Gasteiger partial charge on any atom is 0.416 e. The second-order valence-electron chi connectivity index (χ2n) is 17.7. The zero-order valence-corrected chi connectivity index (χ0v) is 40.0. The fraction of sp³-hybridized carbons (Fsp3) is 0.365. The highest BCUT2D eigenvalue weighted by molar-refractivity contribution is 6.07. The number of carbonyl (C=O) groups is 5. The van der Waals surface area contributed by atoms with Crippen LogP contribution in [0.3, 0.4) is 0 Å². The number of nitrogen functional groups attached to an aromatic ring is 1. The summed E-state index contributed by atoms with van der Waals surface area (Å²) < 4.78 is 33.5. The van der Waals surface area contributed by atoms with Crippen molar-refractivity contribution in [2.45, 2.75) is 76.9 Å². The van der Waals surface area contributed by atoms with Crippen molar-refractivity contribution >= 4 is 58.2 Å². The average Bonchev–Trinajstić information content (AvgIpc) is 3.92. The van der Waals surface area contributed by atoms with Gasteiger partial charge in [0.2, 0.25) is 5.91 Å². The zero-order chi connectivity index (χ0) is 49.5. The van der Waals surface area contributed by atoms with Gasteiger partial charge in [0, 0.05) is 74.8 Å². The second-order valence-corrected chi connectivity index (χ2v) is 17.7. The number of benzene rings is 3. The van der Waals surface area contributed by atoms with Gasteiger partial charge in [0.25, 0.3) is 17.7 Å². The van der Waals surface area contributed by atoms with E-state index >= 15 is 0 Å². The molecule has 5 amide bonds. The summed E-state index contributed by atoms with van der Waals surface area (Å²) in [4.78, 5) is 71.3. The molecule has 368 valence electrons. The molecule has 3 aromatic carbocycles. The van der Waals surface area contributed by atoms with E-state index in [1.807, 2.05) is 37.4 Å². The molecule has 2 saturated heterocycles. The Morgan fingerprint density at radius 3 is 2.34 bits per heavy atom. The van der Waals surface area contributed by atoms with Crippen LogP contribution in [0.4, 0.5) is 33.2 Å². The molecular weight excluding hydrogens is 897 g/mol. The number of anilines is 5. The first kappa shape index (κ1) is 48.9. The molecule has 5 heterocycles. The lowest BCUT2D eigenvalue weighted by atomic mass is 10.00. The van der Waals surface area contributed by atoms with Crippen LogP contribution in [0.1, 0.15) is 88.3 Å². The highest BCUT2D eigenvalue weighted by atomic mass is 16.7. The summed E-state index contributed by atoms with van der Waals surface area (Å²) in [5, 5.41) is 8.75. The average molecular weight is 957 g/mol. The third kappa shape index (κ3) is 11.0. The molecule has 3 atom stereocenters. The van der Waals surface area contributed by atoms with E-state index in [1.165, 1.54) is 18.1 Å². The highest BCUT2D eigenvalue weighted by Crippen LogP contribution is 2.42. The van der Waals surface area contributed by atoms with E-state index in [-0.39, 0.29) is 66.0 Å². The fourth-order valence-electron chi connectivity index (χ4n) is 9.07. The summed E-state index contributed by atoms with van der Waals surface area (Å²) in [5.74, 6) is -0.641. The van der Waals surface area contributed by atoms with Crippen molar-refractivity contribution in [1.82, 2.24) is 14.0 Å². The molecule has 2 fully saturated rings. The lowest BCUT2D eigenvalue weighted by molar-refractivity contribution is -0.198. The third-order valence-corrected chi connectivity index (χ3v) is 12.7. The number of rotatable bonds is 16. The minimum Gasteiger partial charge on any atom is -0.493 e. The number of hydrogen-bond donors (Lipinski definition) is 4.